The molecule has 3 nitrogen and oxygen atoms in total. The summed E-state index contributed by atoms with van der Waals surface area (Å²) in [6.07, 6.45) is 0.585. The summed E-state index contributed by atoms with van der Waals surface area (Å²) in [5.41, 5.74) is 0. The molecule has 0 bridgehead atoms. The van der Waals surface area contributed by atoms with Gasteiger partial charge in [-0.1, -0.05) is 0 Å². The van der Waals surface area contributed by atoms with Crippen LogP contribution in [0.15, 0.2) is 0 Å². The summed E-state index contributed by atoms with van der Waals surface area (Å²) in [7, 11) is 0. The number of hydrogen-bond donors (Lipinski definition) is 0. The fourth-order valence-electron chi connectivity index (χ4n) is 0.591. The molecule has 0 aromatic heterocycles. The van der Waals surface area contributed by atoms with E-state index in [0.29, 0.717) is 0 Å². The molecule has 0 heterocycles. The fraction of sp³-hybridized carbons (Fsp3) is 1.00. The average Bonchev–Trinajstić information content (AvgIpc) is 1.80. The molecule has 80 valence electrons. The fourth-order valence-corrected chi connectivity index (χ4v) is 3.50. The van der Waals surface area contributed by atoms with Gasteiger partial charge in [-0.25, -0.2) is 0 Å². The number of hydrogen-bond acceptors (Lipinski definition) is 3. The minimum absolute atomic E-state index is 0.195. The van der Waals surface area contributed by atoms with Crippen LogP contribution in [0.1, 0.15) is 41.5 Å². The van der Waals surface area contributed by atoms with E-state index in [1.54, 1.807) is 0 Å². The second-order valence-electron chi connectivity index (χ2n) is 3.69. The molecular formula is C9H21NbO3. The van der Waals surface area contributed by atoms with E-state index >= 15 is 0 Å². The van der Waals surface area contributed by atoms with Crippen LogP contribution in [0.25, 0.3) is 0 Å². The molecule has 0 rings (SSSR count). The average molecular weight is 270 g/mol. The summed E-state index contributed by atoms with van der Waals surface area (Å²) in [6.45, 7) is 12.0. The van der Waals surface area contributed by atoms with E-state index in [1.807, 2.05) is 41.5 Å². The quantitative estimate of drug-likeness (QED) is 0.694. The molecule has 0 radical (unpaired) electrons. The van der Waals surface area contributed by atoms with E-state index in [0.717, 1.165) is 0 Å². The van der Waals surface area contributed by atoms with Gasteiger partial charge in [0, 0.05) is 0 Å². The molecule has 0 aliphatic heterocycles. The molecule has 0 amide bonds. The van der Waals surface area contributed by atoms with Crippen LogP contribution < -0.4 is 0 Å². The SMILES string of the molecule is CC(C)[O][Nb]([O]C(C)C)[O]C(C)C. The predicted molar refractivity (Wildman–Crippen MR) is 48.7 cm³/mol. The maximum absolute atomic E-state index is 5.61. The monoisotopic (exact) mass is 270 g/mol. The summed E-state index contributed by atoms with van der Waals surface area (Å²) in [5.74, 6) is 0. The molecule has 0 N–H and O–H groups in total. The van der Waals surface area contributed by atoms with Gasteiger partial charge in [-0.3, -0.25) is 0 Å². The van der Waals surface area contributed by atoms with Crippen molar-refractivity contribution in [2.24, 2.45) is 0 Å². The summed E-state index contributed by atoms with van der Waals surface area (Å²) in [5, 5.41) is 0. The molecular weight excluding hydrogens is 249 g/mol. The molecule has 0 aromatic carbocycles. The zero-order chi connectivity index (χ0) is 10.4. The van der Waals surface area contributed by atoms with E-state index in [-0.39, 0.29) is 18.3 Å². The van der Waals surface area contributed by atoms with Crippen LogP contribution in [0.2, 0.25) is 0 Å². The van der Waals surface area contributed by atoms with Crippen LogP contribution in [-0.2, 0) is 29.4 Å². The Morgan fingerprint density at radius 2 is 0.846 bits per heavy atom. The first-order valence-corrected chi connectivity index (χ1v) is 7.41. The van der Waals surface area contributed by atoms with Gasteiger partial charge in [-0.15, -0.1) is 0 Å². The Balaban J connectivity index is 3.87. The summed E-state index contributed by atoms with van der Waals surface area (Å²) < 4.78 is 16.8. The third kappa shape index (κ3) is 8.94. The van der Waals surface area contributed by atoms with Gasteiger partial charge in [0.05, 0.1) is 0 Å². The molecule has 0 spiro atoms. The van der Waals surface area contributed by atoms with Crippen molar-refractivity contribution in [2.75, 3.05) is 0 Å². The first-order valence-electron chi connectivity index (χ1n) is 4.72. The maximum atomic E-state index is 5.61. The van der Waals surface area contributed by atoms with Gasteiger partial charge in [0.15, 0.2) is 0 Å². The molecule has 13 heavy (non-hydrogen) atoms. The topological polar surface area (TPSA) is 27.7 Å². The number of rotatable bonds is 6. The molecule has 0 aliphatic rings. The van der Waals surface area contributed by atoms with Crippen molar-refractivity contribution in [3.05, 3.63) is 0 Å². The van der Waals surface area contributed by atoms with E-state index < -0.39 is 19.6 Å². The van der Waals surface area contributed by atoms with E-state index in [1.165, 1.54) is 0 Å². The molecule has 0 aliphatic carbocycles. The van der Waals surface area contributed by atoms with Crippen LogP contribution in [0.5, 0.6) is 0 Å². The molecule has 0 saturated carbocycles. The standard InChI is InChI=1S/3C3H7O.Nb/c3*1-3(2)4;/h3*3H,1-2H3;/q3*-1;+3. The molecule has 0 unspecified atom stereocenters. The Morgan fingerprint density at radius 3 is 1.00 bits per heavy atom. The van der Waals surface area contributed by atoms with E-state index in [9.17, 15) is 0 Å². The third-order valence-corrected chi connectivity index (χ3v) is 5.27. The van der Waals surface area contributed by atoms with Crippen molar-refractivity contribution in [3.63, 3.8) is 0 Å². The van der Waals surface area contributed by atoms with Gasteiger partial charge in [-0.05, 0) is 0 Å². The predicted octanol–water partition coefficient (Wildman–Crippen LogP) is 2.62. The van der Waals surface area contributed by atoms with Gasteiger partial charge < -0.3 is 0 Å². The minimum atomic E-state index is -2.34. The Hall–Kier alpha value is 0.620. The third-order valence-electron chi connectivity index (χ3n) is 0.891. The van der Waals surface area contributed by atoms with Gasteiger partial charge in [-0.2, -0.15) is 0 Å². The zero-order valence-electron chi connectivity index (χ0n) is 9.40. The Kier molecular flexibility index (Phi) is 7.32. The van der Waals surface area contributed by atoms with Gasteiger partial charge in [0.2, 0.25) is 0 Å². The second-order valence-corrected chi connectivity index (χ2v) is 6.34. The Bertz CT molecular complexity index is 102. The molecule has 0 aromatic rings. The van der Waals surface area contributed by atoms with Gasteiger partial charge >= 0.3 is 89.2 Å². The van der Waals surface area contributed by atoms with Crippen LogP contribution in [0, 0.1) is 0 Å². The Morgan fingerprint density at radius 1 is 0.615 bits per heavy atom. The zero-order valence-corrected chi connectivity index (χ0v) is 11.6. The van der Waals surface area contributed by atoms with Crippen LogP contribution in [0.4, 0.5) is 0 Å². The first-order chi connectivity index (χ1) is 5.91. The van der Waals surface area contributed by atoms with E-state index in [2.05, 4.69) is 0 Å². The molecule has 0 atom stereocenters. The summed E-state index contributed by atoms with van der Waals surface area (Å²) in [6, 6.07) is 0. The van der Waals surface area contributed by atoms with Gasteiger partial charge in [0.1, 0.15) is 0 Å². The van der Waals surface area contributed by atoms with Crippen molar-refractivity contribution >= 4 is 0 Å². The van der Waals surface area contributed by atoms with E-state index in [4.69, 9.17) is 9.73 Å². The second kappa shape index (κ2) is 6.98. The summed E-state index contributed by atoms with van der Waals surface area (Å²) >= 11 is -2.34. The van der Waals surface area contributed by atoms with Crippen molar-refractivity contribution in [2.45, 2.75) is 59.9 Å². The Labute approximate surface area is 89.4 Å². The van der Waals surface area contributed by atoms with Crippen molar-refractivity contribution in [3.8, 4) is 0 Å². The van der Waals surface area contributed by atoms with Crippen LogP contribution in [-0.4, -0.2) is 18.3 Å². The molecule has 0 saturated heterocycles. The molecule has 0 fully saturated rings. The van der Waals surface area contributed by atoms with Crippen molar-refractivity contribution in [1.82, 2.24) is 0 Å². The van der Waals surface area contributed by atoms with Crippen LogP contribution in [0.3, 0.4) is 0 Å². The van der Waals surface area contributed by atoms with Crippen molar-refractivity contribution < 1.29 is 29.4 Å². The first kappa shape index (κ1) is 13.6. The van der Waals surface area contributed by atoms with Gasteiger partial charge in [0.25, 0.3) is 0 Å². The summed E-state index contributed by atoms with van der Waals surface area (Å²) in [4.78, 5) is 0. The normalized spacial score (nSPS) is 12.5. The molecule has 4 heteroatoms. The van der Waals surface area contributed by atoms with Crippen LogP contribution >= 0.6 is 0 Å². The van der Waals surface area contributed by atoms with Crippen molar-refractivity contribution in [1.29, 1.82) is 0 Å².